The number of phenolic OH excluding ortho intramolecular Hbond substituents is 1. The van der Waals surface area contributed by atoms with Crippen LogP contribution in [0.4, 0.5) is 17.1 Å². The monoisotopic (exact) mass is 782 g/mol. The van der Waals surface area contributed by atoms with Gasteiger partial charge in [-0.25, -0.2) is 4.90 Å². The standard InChI is InChI=1S/C40H32Cl2N4O9/c1-54-24-9-6-20(7-10-24)40-30(37(49)45(39(40)51)43-32-14-8-21(41)16-31(32)42)19-28-26(35(40)29-18-25(55-2)11-15-33(29)47)12-13-27-34(28)38(50)44(36(27)48)22-4-3-5-23(17-22)46(52)53/h3-12,14-18,27-28,30,34-35,43,47H,13,19H2,1-2H3/t27-,28+,30-,34-,35+,40+/m0/s1. The van der Waals surface area contributed by atoms with Gasteiger partial charge in [-0.05, 0) is 78.9 Å². The van der Waals surface area contributed by atoms with E-state index in [1.54, 1.807) is 42.5 Å². The topological polar surface area (TPSA) is 169 Å². The number of phenols is 1. The molecule has 4 amide bonds. The number of methoxy groups -OCH3 is 2. The fourth-order valence-electron chi connectivity index (χ4n) is 9.08. The van der Waals surface area contributed by atoms with Crippen molar-refractivity contribution in [1.29, 1.82) is 0 Å². The molecule has 4 aromatic rings. The van der Waals surface area contributed by atoms with E-state index in [0.717, 1.165) is 9.91 Å². The zero-order chi connectivity index (χ0) is 38.9. The molecule has 15 heteroatoms. The summed E-state index contributed by atoms with van der Waals surface area (Å²) < 4.78 is 11.0. The molecule has 4 aliphatic rings. The number of amides is 4. The second-order valence-electron chi connectivity index (χ2n) is 13.9. The van der Waals surface area contributed by atoms with Crippen LogP contribution in [0.25, 0.3) is 0 Å². The number of nitro benzene ring substituents is 1. The molecular weight excluding hydrogens is 751 g/mol. The summed E-state index contributed by atoms with van der Waals surface area (Å²) in [6.45, 7) is 0. The van der Waals surface area contributed by atoms with E-state index >= 15 is 4.79 Å². The molecule has 0 spiro atoms. The molecule has 1 saturated carbocycles. The van der Waals surface area contributed by atoms with Crippen LogP contribution in [0.3, 0.4) is 0 Å². The molecule has 3 fully saturated rings. The number of hydrogen-bond donors (Lipinski definition) is 2. The number of allylic oxidation sites excluding steroid dienone is 2. The Hall–Kier alpha value is -5.92. The summed E-state index contributed by atoms with van der Waals surface area (Å²) in [5, 5.41) is 24.7. The van der Waals surface area contributed by atoms with E-state index in [1.807, 2.05) is 6.08 Å². The van der Waals surface area contributed by atoms with Crippen LogP contribution in [0.15, 0.2) is 96.6 Å². The Morgan fingerprint density at radius 2 is 1.60 bits per heavy atom. The number of rotatable bonds is 8. The van der Waals surface area contributed by atoms with Crippen molar-refractivity contribution in [3.8, 4) is 17.2 Å². The summed E-state index contributed by atoms with van der Waals surface area (Å²) in [6.07, 6.45) is 1.91. The number of halogens is 2. The predicted octanol–water partition coefficient (Wildman–Crippen LogP) is 6.81. The van der Waals surface area contributed by atoms with Gasteiger partial charge in [0.2, 0.25) is 11.8 Å². The quantitative estimate of drug-likeness (QED) is 0.0838. The van der Waals surface area contributed by atoms with Crippen LogP contribution in [0.5, 0.6) is 17.2 Å². The van der Waals surface area contributed by atoms with Gasteiger partial charge in [0.15, 0.2) is 0 Å². The number of anilines is 2. The molecule has 8 rings (SSSR count). The number of nitrogens with one attached hydrogen (secondary N) is 1. The number of hydrogen-bond acceptors (Lipinski definition) is 10. The number of nitro groups is 1. The first-order valence-corrected chi connectivity index (χ1v) is 18.1. The fraction of sp³-hybridized carbons (Fsp3) is 0.250. The number of hydrazine groups is 1. The van der Waals surface area contributed by atoms with Crippen LogP contribution in [0.1, 0.15) is 29.9 Å². The van der Waals surface area contributed by atoms with Crippen LogP contribution in [-0.2, 0) is 24.6 Å². The lowest BCUT2D eigenvalue weighted by Crippen LogP contribution is -2.53. The minimum absolute atomic E-state index is 0.0286. The lowest BCUT2D eigenvalue weighted by molar-refractivity contribution is -0.384. The van der Waals surface area contributed by atoms with E-state index in [4.69, 9.17) is 32.7 Å². The molecule has 6 atom stereocenters. The molecule has 4 aromatic carbocycles. The molecule has 2 heterocycles. The molecule has 0 bridgehead atoms. The van der Waals surface area contributed by atoms with Crippen LogP contribution < -0.4 is 19.8 Å². The van der Waals surface area contributed by atoms with Gasteiger partial charge in [0.25, 0.3) is 17.5 Å². The minimum atomic E-state index is -1.71. The van der Waals surface area contributed by atoms with Gasteiger partial charge in [0.1, 0.15) is 17.2 Å². The number of non-ortho nitro benzene ring substituents is 1. The summed E-state index contributed by atoms with van der Waals surface area (Å²) in [7, 11) is 2.97. The highest BCUT2D eigenvalue weighted by molar-refractivity contribution is 6.36. The van der Waals surface area contributed by atoms with Crippen molar-refractivity contribution in [2.24, 2.45) is 23.7 Å². The van der Waals surface area contributed by atoms with Crippen LogP contribution in [-0.4, -0.2) is 52.9 Å². The Morgan fingerprint density at radius 1 is 0.873 bits per heavy atom. The predicted molar refractivity (Wildman–Crippen MR) is 201 cm³/mol. The maximum Gasteiger partial charge on any atom is 0.271 e. The first-order valence-electron chi connectivity index (χ1n) is 17.3. The Kier molecular flexibility index (Phi) is 8.81. The highest BCUT2D eigenvalue weighted by atomic mass is 35.5. The molecule has 0 aromatic heterocycles. The number of nitrogens with zero attached hydrogens (tertiary/aromatic N) is 3. The highest BCUT2D eigenvalue weighted by Gasteiger charge is 2.70. The Labute approximate surface area is 324 Å². The van der Waals surface area contributed by atoms with Crippen molar-refractivity contribution in [3.05, 3.63) is 128 Å². The number of carbonyl (C=O) groups is 4. The first kappa shape index (κ1) is 36.1. The van der Waals surface area contributed by atoms with Crippen molar-refractivity contribution < 1.29 is 38.7 Å². The minimum Gasteiger partial charge on any atom is -0.508 e. The third kappa shape index (κ3) is 5.43. The fourth-order valence-corrected chi connectivity index (χ4v) is 9.53. The van der Waals surface area contributed by atoms with E-state index in [2.05, 4.69) is 5.43 Å². The van der Waals surface area contributed by atoms with Gasteiger partial charge < -0.3 is 14.6 Å². The number of benzene rings is 4. The second kappa shape index (κ2) is 13.4. The lowest BCUT2D eigenvalue weighted by atomic mass is 9.49. The third-order valence-electron chi connectivity index (χ3n) is 11.4. The average Bonchev–Trinajstić information content (AvgIpc) is 3.56. The van der Waals surface area contributed by atoms with E-state index < -0.39 is 63.6 Å². The number of aromatic hydroxyl groups is 1. The maximum atomic E-state index is 15.4. The molecular formula is C40H32Cl2N4O9. The Morgan fingerprint density at radius 3 is 2.29 bits per heavy atom. The second-order valence-corrected chi connectivity index (χ2v) is 14.8. The molecule has 55 heavy (non-hydrogen) atoms. The zero-order valence-corrected chi connectivity index (χ0v) is 30.8. The number of fused-ring (bicyclic) bond motifs is 4. The zero-order valence-electron chi connectivity index (χ0n) is 29.3. The van der Waals surface area contributed by atoms with Gasteiger partial charge in [-0.1, -0.05) is 53.1 Å². The first-order chi connectivity index (χ1) is 26.4. The molecule has 280 valence electrons. The van der Waals surface area contributed by atoms with Crippen molar-refractivity contribution in [2.75, 3.05) is 24.5 Å². The van der Waals surface area contributed by atoms with Gasteiger partial charge in [-0.3, -0.25) is 34.7 Å². The summed E-state index contributed by atoms with van der Waals surface area (Å²) in [6, 6.07) is 21.3. The Bertz CT molecular complexity index is 2350. The van der Waals surface area contributed by atoms with Gasteiger partial charge in [0.05, 0.1) is 58.7 Å². The molecule has 13 nitrogen and oxygen atoms in total. The van der Waals surface area contributed by atoms with E-state index in [0.29, 0.717) is 27.7 Å². The molecule has 2 N–H and O–H groups in total. The molecule has 0 radical (unpaired) electrons. The SMILES string of the molecule is COc1ccc([C@@]23C(=O)N(Nc4ccc(Cl)cc4Cl)C(=O)[C@@H]2C[C@@H]2C(=CC[C@@H]4C(=O)N(c5cccc([N+](=O)[O-])c5)C(=O)[C@@H]42)[C@@H]3c2cc(OC)ccc2O)cc1. The van der Waals surface area contributed by atoms with Gasteiger partial charge >= 0.3 is 0 Å². The summed E-state index contributed by atoms with van der Waals surface area (Å²) in [5.74, 6) is -6.44. The number of carbonyl (C=O) groups excluding carboxylic acids is 4. The van der Waals surface area contributed by atoms with E-state index in [-0.39, 0.29) is 46.2 Å². The summed E-state index contributed by atoms with van der Waals surface area (Å²) in [4.78, 5) is 71.0. The van der Waals surface area contributed by atoms with Crippen molar-refractivity contribution >= 4 is 63.9 Å². The van der Waals surface area contributed by atoms with Crippen LogP contribution >= 0.6 is 23.2 Å². The largest absolute Gasteiger partial charge is 0.508 e. The number of ether oxygens (including phenoxy) is 2. The van der Waals surface area contributed by atoms with Crippen LogP contribution in [0.2, 0.25) is 10.0 Å². The molecule has 2 aliphatic heterocycles. The molecule has 2 aliphatic carbocycles. The highest BCUT2D eigenvalue weighted by Crippen LogP contribution is 2.65. The van der Waals surface area contributed by atoms with Crippen molar-refractivity contribution in [1.82, 2.24) is 5.01 Å². The summed E-state index contributed by atoms with van der Waals surface area (Å²) >= 11 is 12.7. The maximum absolute atomic E-state index is 15.4. The smallest absolute Gasteiger partial charge is 0.271 e. The van der Waals surface area contributed by atoms with Crippen LogP contribution in [0, 0.1) is 33.8 Å². The molecule has 0 unspecified atom stereocenters. The average molecular weight is 784 g/mol. The van der Waals surface area contributed by atoms with Crippen molar-refractivity contribution in [3.63, 3.8) is 0 Å². The van der Waals surface area contributed by atoms with Gasteiger partial charge in [-0.15, -0.1) is 0 Å². The lowest BCUT2D eigenvalue weighted by Gasteiger charge is -2.50. The van der Waals surface area contributed by atoms with Gasteiger partial charge in [-0.2, -0.15) is 5.01 Å². The van der Waals surface area contributed by atoms with Crippen molar-refractivity contribution in [2.45, 2.75) is 24.2 Å². The third-order valence-corrected chi connectivity index (χ3v) is 12.0. The summed E-state index contributed by atoms with van der Waals surface area (Å²) in [5.41, 5.74) is 2.54. The molecule has 2 saturated heterocycles. The van der Waals surface area contributed by atoms with E-state index in [1.165, 1.54) is 56.7 Å². The Balaban J connectivity index is 1.34. The number of imide groups is 2. The normalized spacial score (nSPS) is 25.6. The van der Waals surface area contributed by atoms with Gasteiger partial charge in [0, 0.05) is 28.6 Å². The van der Waals surface area contributed by atoms with E-state index in [9.17, 15) is 29.6 Å².